The molecule has 0 aliphatic carbocycles. The molecule has 4 nitrogen and oxygen atoms in total. The Hall–Kier alpha value is -2.53. The molecule has 0 atom stereocenters. The van der Waals surface area contributed by atoms with E-state index in [9.17, 15) is 4.79 Å². The topological polar surface area (TPSA) is 44.1 Å². The maximum atomic E-state index is 12.3. The van der Waals surface area contributed by atoms with Crippen LogP contribution in [0.1, 0.15) is 18.1 Å². The summed E-state index contributed by atoms with van der Waals surface area (Å²) >= 11 is 1.46. The van der Waals surface area contributed by atoms with E-state index in [1.807, 2.05) is 47.2 Å². The second-order valence-corrected chi connectivity index (χ2v) is 6.89. The van der Waals surface area contributed by atoms with Gasteiger partial charge in [-0.15, -0.1) is 0 Å². The Bertz CT molecular complexity index is 854. The molecule has 0 aliphatic heterocycles. The van der Waals surface area contributed by atoms with Crippen LogP contribution in [-0.2, 0) is 17.6 Å². The Balaban J connectivity index is 1.60. The van der Waals surface area contributed by atoms with Gasteiger partial charge >= 0.3 is 0 Å². The lowest BCUT2D eigenvalue weighted by Crippen LogP contribution is -2.07. The molecule has 0 saturated carbocycles. The van der Waals surface area contributed by atoms with Crippen molar-refractivity contribution < 1.29 is 9.53 Å². The molecule has 0 unspecified atom stereocenters. The number of ether oxygens (including phenoxy) is 1. The summed E-state index contributed by atoms with van der Waals surface area (Å²) in [5.41, 5.74) is 3.34. The van der Waals surface area contributed by atoms with Crippen molar-refractivity contribution in [1.82, 2.24) is 9.55 Å². The molecule has 0 saturated heterocycles. The maximum absolute atomic E-state index is 12.3. The number of ketones is 1. The van der Waals surface area contributed by atoms with Gasteiger partial charge in [0.15, 0.2) is 5.16 Å². The Morgan fingerprint density at radius 1 is 1.08 bits per heavy atom. The van der Waals surface area contributed by atoms with E-state index in [1.165, 1.54) is 17.3 Å². The summed E-state index contributed by atoms with van der Waals surface area (Å²) in [6, 6.07) is 16.0. The first kappa shape index (κ1) is 18.3. The number of hydrogen-bond donors (Lipinski definition) is 0. The van der Waals surface area contributed by atoms with Gasteiger partial charge in [0.1, 0.15) is 11.5 Å². The molecule has 0 bridgehead atoms. The number of methoxy groups -OCH3 is 1. The molecule has 0 spiro atoms. The van der Waals surface area contributed by atoms with E-state index >= 15 is 0 Å². The van der Waals surface area contributed by atoms with E-state index in [0.717, 1.165) is 28.6 Å². The summed E-state index contributed by atoms with van der Waals surface area (Å²) < 4.78 is 7.17. The van der Waals surface area contributed by atoms with E-state index < -0.39 is 0 Å². The van der Waals surface area contributed by atoms with Crippen molar-refractivity contribution in [2.75, 3.05) is 12.9 Å². The third kappa shape index (κ3) is 4.55. The van der Waals surface area contributed by atoms with E-state index in [-0.39, 0.29) is 5.78 Å². The molecule has 1 aromatic heterocycles. The first-order chi connectivity index (χ1) is 12.7. The normalized spacial score (nSPS) is 10.7. The lowest BCUT2D eigenvalue weighted by molar-refractivity contribution is -0.116. The highest BCUT2D eigenvalue weighted by molar-refractivity contribution is 7.99. The lowest BCUT2D eigenvalue weighted by atomic mass is 10.1. The fourth-order valence-corrected chi connectivity index (χ4v) is 3.49. The van der Waals surface area contributed by atoms with Crippen molar-refractivity contribution in [3.05, 3.63) is 72.1 Å². The number of Topliss-reactive ketones (excluding diaryl/α,β-unsaturated/α-hetero) is 1. The number of imidazole rings is 1. The molecule has 3 aromatic rings. The average molecular weight is 366 g/mol. The molecule has 5 heteroatoms. The molecule has 0 aliphatic rings. The summed E-state index contributed by atoms with van der Waals surface area (Å²) in [7, 11) is 1.65. The SMILES string of the molecule is CCc1ccc(CC(=O)CSc2nccn2-c2ccc(OC)cc2)cc1. The molecule has 134 valence electrons. The molecular formula is C21H22N2O2S. The molecule has 0 radical (unpaired) electrons. The third-order valence-corrected chi connectivity index (χ3v) is 5.18. The van der Waals surface area contributed by atoms with Gasteiger partial charge < -0.3 is 4.74 Å². The highest BCUT2D eigenvalue weighted by atomic mass is 32.2. The van der Waals surface area contributed by atoms with Crippen LogP contribution in [0.25, 0.3) is 5.69 Å². The Kier molecular flexibility index (Phi) is 6.12. The first-order valence-electron chi connectivity index (χ1n) is 8.59. The fourth-order valence-electron chi connectivity index (χ4n) is 2.65. The summed E-state index contributed by atoms with van der Waals surface area (Å²) in [5.74, 6) is 1.42. The van der Waals surface area contributed by atoms with Gasteiger partial charge in [-0.3, -0.25) is 9.36 Å². The van der Waals surface area contributed by atoms with Crippen LogP contribution in [0.5, 0.6) is 5.75 Å². The quantitative estimate of drug-likeness (QED) is 0.556. The summed E-state index contributed by atoms with van der Waals surface area (Å²) in [6.45, 7) is 2.13. The summed E-state index contributed by atoms with van der Waals surface area (Å²) in [6.07, 6.45) is 5.12. The van der Waals surface area contributed by atoms with E-state index in [0.29, 0.717) is 12.2 Å². The van der Waals surface area contributed by atoms with Crippen molar-refractivity contribution in [1.29, 1.82) is 0 Å². The number of benzene rings is 2. The Morgan fingerprint density at radius 3 is 2.42 bits per heavy atom. The number of rotatable bonds is 8. The van der Waals surface area contributed by atoms with Gasteiger partial charge in [0.25, 0.3) is 0 Å². The monoisotopic (exact) mass is 366 g/mol. The molecule has 0 amide bonds. The number of nitrogens with zero attached hydrogens (tertiary/aromatic N) is 2. The van der Waals surface area contributed by atoms with Crippen molar-refractivity contribution >= 4 is 17.5 Å². The molecule has 2 aromatic carbocycles. The van der Waals surface area contributed by atoms with Gasteiger partial charge in [-0.05, 0) is 41.8 Å². The second-order valence-electron chi connectivity index (χ2n) is 5.95. The van der Waals surface area contributed by atoms with Gasteiger partial charge in [0.2, 0.25) is 0 Å². The minimum Gasteiger partial charge on any atom is -0.497 e. The van der Waals surface area contributed by atoms with Crippen molar-refractivity contribution in [3.8, 4) is 11.4 Å². The first-order valence-corrected chi connectivity index (χ1v) is 9.58. The zero-order chi connectivity index (χ0) is 18.4. The van der Waals surface area contributed by atoms with E-state index in [2.05, 4.69) is 24.0 Å². The number of carbonyl (C=O) groups excluding carboxylic acids is 1. The van der Waals surface area contributed by atoms with Gasteiger partial charge in [-0.25, -0.2) is 4.98 Å². The smallest absolute Gasteiger partial charge is 0.173 e. The predicted molar refractivity (Wildman–Crippen MR) is 105 cm³/mol. The van der Waals surface area contributed by atoms with Gasteiger partial charge in [0.05, 0.1) is 12.9 Å². The largest absolute Gasteiger partial charge is 0.497 e. The number of aryl methyl sites for hydroxylation is 1. The van der Waals surface area contributed by atoms with E-state index in [4.69, 9.17) is 4.74 Å². The molecule has 1 heterocycles. The molecular weight excluding hydrogens is 344 g/mol. The van der Waals surface area contributed by atoms with Gasteiger partial charge in [0, 0.05) is 24.5 Å². The van der Waals surface area contributed by atoms with Crippen molar-refractivity contribution in [3.63, 3.8) is 0 Å². The fraction of sp³-hybridized carbons (Fsp3) is 0.238. The minimum atomic E-state index is 0.198. The Morgan fingerprint density at radius 2 is 1.77 bits per heavy atom. The van der Waals surface area contributed by atoms with E-state index in [1.54, 1.807) is 13.3 Å². The molecule has 0 N–H and O–H groups in total. The van der Waals surface area contributed by atoms with Crippen LogP contribution in [0.4, 0.5) is 0 Å². The van der Waals surface area contributed by atoms with Crippen LogP contribution in [0, 0.1) is 0 Å². The Labute approximate surface area is 158 Å². The van der Waals surface area contributed by atoms with Crippen LogP contribution in [-0.4, -0.2) is 28.2 Å². The number of aromatic nitrogens is 2. The summed E-state index contributed by atoms with van der Waals surface area (Å²) in [4.78, 5) is 16.7. The van der Waals surface area contributed by atoms with Crippen molar-refractivity contribution in [2.24, 2.45) is 0 Å². The van der Waals surface area contributed by atoms with Crippen LogP contribution in [0.2, 0.25) is 0 Å². The predicted octanol–water partition coefficient (Wildman–Crippen LogP) is 4.35. The zero-order valence-corrected chi connectivity index (χ0v) is 15.8. The second kappa shape index (κ2) is 8.72. The molecule has 26 heavy (non-hydrogen) atoms. The highest BCUT2D eigenvalue weighted by Gasteiger charge is 2.10. The van der Waals surface area contributed by atoms with Crippen LogP contribution >= 0.6 is 11.8 Å². The van der Waals surface area contributed by atoms with Crippen LogP contribution in [0.15, 0.2) is 66.1 Å². The minimum absolute atomic E-state index is 0.198. The molecule has 3 rings (SSSR count). The molecule has 0 fully saturated rings. The maximum Gasteiger partial charge on any atom is 0.173 e. The van der Waals surface area contributed by atoms with Gasteiger partial charge in [-0.1, -0.05) is 43.0 Å². The average Bonchev–Trinajstić information content (AvgIpc) is 3.15. The standard InChI is InChI=1S/C21H22N2O2S/c1-3-16-4-6-17(7-5-16)14-19(24)15-26-21-22-12-13-23(21)18-8-10-20(25-2)11-9-18/h4-13H,3,14-15H2,1-2H3. The number of hydrogen-bond acceptors (Lipinski definition) is 4. The number of carbonyl (C=O) groups is 1. The van der Waals surface area contributed by atoms with Crippen LogP contribution < -0.4 is 4.74 Å². The zero-order valence-electron chi connectivity index (χ0n) is 15.0. The summed E-state index contributed by atoms with van der Waals surface area (Å²) in [5, 5.41) is 0.810. The van der Waals surface area contributed by atoms with Crippen molar-refractivity contribution in [2.45, 2.75) is 24.9 Å². The lowest BCUT2D eigenvalue weighted by Gasteiger charge is -2.08. The highest BCUT2D eigenvalue weighted by Crippen LogP contribution is 2.22. The third-order valence-electron chi connectivity index (χ3n) is 4.15. The number of thioether (sulfide) groups is 1. The van der Waals surface area contributed by atoms with Crippen LogP contribution in [0.3, 0.4) is 0 Å². The van der Waals surface area contributed by atoms with Gasteiger partial charge in [-0.2, -0.15) is 0 Å².